The van der Waals surface area contributed by atoms with E-state index in [1.54, 1.807) is 9.80 Å². The first-order valence-corrected chi connectivity index (χ1v) is 12.5. The third-order valence-electron chi connectivity index (χ3n) is 5.74. The van der Waals surface area contributed by atoms with E-state index in [1.165, 1.54) is 0 Å². The third kappa shape index (κ3) is 10.3. The van der Waals surface area contributed by atoms with Crippen molar-refractivity contribution in [2.45, 2.75) is 84.8 Å². The Morgan fingerprint density at radius 2 is 0.943 bits per heavy atom. The van der Waals surface area contributed by atoms with Crippen molar-refractivity contribution in [1.82, 2.24) is 9.80 Å². The molecule has 0 unspecified atom stereocenters. The van der Waals surface area contributed by atoms with Gasteiger partial charge in [0.25, 0.3) is 0 Å². The Bertz CT molecular complexity index is 678. The van der Waals surface area contributed by atoms with E-state index >= 15 is 0 Å². The van der Waals surface area contributed by atoms with E-state index in [9.17, 15) is 19.2 Å². The van der Waals surface area contributed by atoms with Gasteiger partial charge in [0.15, 0.2) is 0 Å². The molecule has 2 rings (SSSR count). The fraction of sp³-hybridized carbons (Fsp3) is 0.840. The van der Waals surface area contributed by atoms with Gasteiger partial charge in [-0.2, -0.15) is 0 Å². The molecule has 35 heavy (non-hydrogen) atoms. The van der Waals surface area contributed by atoms with Gasteiger partial charge in [-0.25, -0.2) is 9.59 Å². The molecule has 2 saturated heterocycles. The number of amides is 2. The Kier molecular flexibility index (Phi) is 10.2. The van der Waals surface area contributed by atoms with Crippen molar-refractivity contribution >= 4 is 24.1 Å². The SMILES string of the molecule is CC(C)(C)OC(=O)N1CCC(C(=O)OCCCOC(=O)C2CCN(C(=O)OC(C)(C)C)CC2)CC1. The summed E-state index contributed by atoms with van der Waals surface area (Å²) >= 11 is 0. The maximum Gasteiger partial charge on any atom is 0.410 e. The summed E-state index contributed by atoms with van der Waals surface area (Å²) in [5.41, 5.74) is -1.10. The normalized spacial score (nSPS) is 18.1. The molecule has 2 fully saturated rings. The molecule has 2 aliphatic heterocycles. The summed E-state index contributed by atoms with van der Waals surface area (Å²) in [7, 11) is 0. The molecule has 0 atom stereocenters. The molecular weight excluding hydrogens is 456 g/mol. The van der Waals surface area contributed by atoms with Gasteiger partial charge >= 0.3 is 24.1 Å². The molecule has 10 heteroatoms. The lowest BCUT2D eigenvalue weighted by Crippen LogP contribution is -2.43. The van der Waals surface area contributed by atoms with Gasteiger partial charge in [0.1, 0.15) is 11.2 Å². The quantitative estimate of drug-likeness (QED) is 0.309. The van der Waals surface area contributed by atoms with Gasteiger partial charge in [-0.05, 0) is 67.2 Å². The van der Waals surface area contributed by atoms with Crippen LogP contribution in [0, 0.1) is 11.8 Å². The lowest BCUT2D eigenvalue weighted by atomic mass is 9.97. The van der Waals surface area contributed by atoms with Gasteiger partial charge in [0, 0.05) is 32.6 Å². The predicted octanol–water partition coefficient (Wildman–Crippen LogP) is 3.76. The van der Waals surface area contributed by atoms with Crippen molar-refractivity contribution in [1.29, 1.82) is 0 Å². The maximum atomic E-state index is 12.3. The van der Waals surface area contributed by atoms with Crippen LogP contribution in [0.1, 0.15) is 73.6 Å². The number of carbonyl (C=O) groups is 4. The van der Waals surface area contributed by atoms with E-state index in [4.69, 9.17) is 18.9 Å². The fourth-order valence-electron chi connectivity index (χ4n) is 3.89. The van der Waals surface area contributed by atoms with Crippen LogP contribution >= 0.6 is 0 Å². The molecule has 2 heterocycles. The van der Waals surface area contributed by atoms with Gasteiger partial charge in [-0.15, -0.1) is 0 Å². The first kappa shape index (κ1) is 28.7. The van der Waals surface area contributed by atoms with Crippen LogP contribution in [0.4, 0.5) is 9.59 Å². The summed E-state index contributed by atoms with van der Waals surface area (Å²) in [6.45, 7) is 13.1. The molecule has 0 bridgehead atoms. The molecule has 0 N–H and O–H groups in total. The Morgan fingerprint density at radius 1 is 0.629 bits per heavy atom. The van der Waals surface area contributed by atoms with E-state index in [2.05, 4.69) is 0 Å². The topological polar surface area (TPSA) is 112 Å². The maximum absolute atomic E-state index is 12.3. The van der Waals surface area contributed by atoms with Crippen molar-refractivity contribution in [3.8, 4) is 0 Å². The number of ether oxygens (including phenoxy) is 4. The van der Waals surface area contributed by atoms with Gasteiger partial charge in [-0.3, -0.25) is 9.59 Å². The summed E-state index contributed by atoms with van der Waals surface area (Å²) in [6, 6.07) is 0. The van der Waals surface area contributed by atoms with Crippen molar-refractivity contribution in [3.63, 3.8) is 0 Å². The molecule has 0 aliphatic carbocycles. The molecule has 10 nitrogen and oxygen atoms in total. The van der Waals surface area contributed by atoms with Crippen LogP contribution in [0.2, 0.25) is 0 Å². The van der Waals surface area contributed by atoms with E-state index in [0.717, 1.165) is 0 Å². The second-order valence-corrected chi connectivity index (χ2v) is 11.2. The zero-order valence-electron chi connectivity index (χ0n) is 22.1. The monoisotopic (exact) mass is 498 g/mol. The second-order valence-electron chi connectivity index (χ2n) is 11.2. The number of carbonyl (C=O) groups excluding carboxylic acids is 4. The molecular formula is C25H42N2O8. The molecule has 0 aromatic carbocycles. The number of hydrogen-bond acceptors (Lipinski definition) is 8. The fourth-order valence-corrected chi connectivity index (χ4v) is 3.89. The highest BCUT2D eigenvalue weighted by molar-refractivity contribution is 5.74. The van der Waals surface area contributed by atoms with E-state index in [-0.39, 0.29) is 49.2 Å². The zero-order valence-corrected chi connectivity index (χ0v) is 22.1. The minimum atomic E-state index is -0.548. The molecule has 0 spiro atoms. The number of esters is 2. The van der Waals surface area contributed by atoms with Crippen LogP contribution < -0.4 is 0 Å². The van der Waals surface area contributed by atoms with Crippen LogP contribution in [0.25, 0.3) is 0 Å². The smallest absolute Gasteiger partial charge is 0.410 e. The summed E-state index contributed by atoms with van der Waals surface area (Å²) in [5.74, 6) is -1.05. The summed E-state index contributed by atoms with van der Waals surface area (Å²) < 4.78 is 21.4. The van der Waals surface area contributed by atoms with Crippen LogP contribution in [-0.2, 0) is 28.5 Å². The number of nitrogens with zero attached hydrogens (tertiary/aromatic N) is 2. The Morgan fingerprint density at radius 3 is 1.23 bits per heavy atom. The third-order valence-corrected chi connectivity index (χ3v) is 5.74. The molecule has 0 saturated carbocycles. The summed E-state index contributed by atoms with van der Waals surface area (Å²) in [4.78, 5) is 52.1. The lowest BCUT2D eigenvalue weighted by molar-refractivity contribution is -0.153. The van der Waals surface area contributed by atoms with Crippen LogP contribution in [0.3, 0.4) is 0 Å². The highest BCUT2D eigenvalue weighted by atomic mass is 16.6. The number of hydrogen-bond donors (Lipinski definition) is 0. The predicted molar refractivity (Wildman–Crippen MR) is 128 cm³/mol. The summed E-state index contributed by atoms with van der Waals surface area (Å²) in [5, 5.41) is 0. The molecule has 0 aromatic rings. The molecule has 2 amide bonds. The standard InChI is InChI=1S/C25H42N2O8/c1-24(2,3)34-22(30)26-12-8-18(9-13-26)20(28)32-16-7-17-33-21(29)19-10-14-27(15-11-19)23(31)35-25(4,5)6/h18-19H,7-17H2,1-6H3. The van der Waals surface area contributed by atoms with Crippen LogP contribution in [0.15, 0.2) is 0 Å². The van der Waals surface area contributed by atoms with Crippen molar-refractivity contribution in [2.24, 2.45) is 11.8 Å². The number of likely N-dealkylation sites (tertiary alicyclic amines) is 2. The van der Waals surface area contributed by atoms with Gasteiger partial charge in [0.2, 0.25) is 0 Å². The Hall–Kier alpha value is -2.52. The van der Waals surface area contributed by atoms with Gasteiger partial charge in [-0.1, -0.05) is 0 Å². The first-order valence-electron chi connectivity index (χ1n) is 12.5. The van der Waals surface area contributed by atoms with Crippen molar-refractivity contribution in [3.05, 3.63) is 0 Å². The number of rotatable bonds is 6. The minimum Gasteiger partial charge on any atom is -0.465 e. The first-order chi connectivity index (χ1) is 16.2. The zero-order chi connectivity index (χ0) is 26.2. The minimum absolute atomic E-state index is 0.176. The summed E-state index contributed by atoms with van der Waals surface area (Å²) in [6.07, 6.45) is 1.85. The Labute approximate surface area is 208 Å². The van der Waals surface area contributed by atoms with E-state index < -0.39 is 11.2 Å². The van der Waals surface area contributed by atoms with Gasteiger partial charge in [0.05, 0.1) is 25.0 Å². The van der Waals surface area contributed by atoms with Crippen molar-refractivity contribution in [2.75, 3.05) is 39.4 Å². The lowest BCUT2D eigenvalue weighted by Gasteiger charge is -2.32. The largest absolute Gasteiger partial charge is 0.465 e. The van der Waals surface area contributed by atoms with Crippen LogP contribution in [-0.4, -0.2) is 84.5 Å². The molecule has 0 aromatic heterocycles. The average Bonchev–Trinajstić information content (AvgIpc) is 2.76. The average molecular weight is 499 g/mol. The highest BCUT2D eigenvalue weighted by Gasteiger charge is 2.32. The molecule has 200 valence electrons. The highest BCUT2D eigenvalue weighted by Crippen LogP contribution is 2.22. The Balaban J connectivity index is 1.57. The molecule has 0 radical (unpaired) electrons. The van der Waals surface area contributed by atoms with E-state index in [0.29, 0.717) is 58.3 Å². The van der Waals surface area contributed by atoms with Gasteiger partial charge < -0.3 is 28.7 Å². The van der Waals surface area contributed by atoms with Crippen LogP contribution in [0.5, 0.6) is 0 Å². The molecule has 2 aliphatic rings. The second kappa shape index (κ2) is 12.4. The van der Waals surface area contributed by atoms with Crippen molar-refractivity contribution < 1.29 is 38.1 Å². The number of piperidine rings is 2. The van der Waals surface area contributed by atoms with E-state index in [1.807, 2.05) is 41.5 Å².